The molecule has 5 nitrogen and oxygen atoms in total. The summed E-state index contributed by atoms with van der Waals surface area (Å²) < 4.78 is 28.3. The number of nitrogens with zero attached hydrogens (tertiary/aromatic N) is 1. The quantitative estimate of drug-likeness (QED) is 0.850. The van der Waals surface area contributed by atoms with Crippen LogP contribution in [-0.2, 0) is 11.3 Å². The normalized spacial score (nSPS) is 20.1. The average molecular weight is 286 g/mol. The Balaban J connectivity index is 1.99. The standard InChI is InChI=1S/C13H16F2N2O3/c14-13(15)20-10-3-1-9(2-4-10)8-17-6-5-16-7-11(17)12(18)19/h1-4,11,13,16H,5-8H2,(H,18,19). The molecule has 0 spiro atoms. The number of alkyl halides is 2. The molecule has 0 saturated carbocycles. The van der Waals surface area contributed by atoms with Crippen molar-refractivity contribution in [3.8, 4) is 5.75 Å². The summed E-state index contributed by atoms with van der Waals surface area (Å²) in [4.78, 5) is 13.0. The summed E-state index contributed by atoms with van der Waals surface area (Å²) in [5, 5.41) is 12.2. The highest BCUT2D eigenvalue weighted by Crippen LogP contribution is 2.17. The summed E-state index contributed by atoms with van der Waals surface area (Å²) in [6, 6.07) is 5.68. The zero-order chi connectivity index (χ0) is 14.5. The molecule has 20 heavy (non-hydrogen) atoms. The number of aliphatic carboxylic acids is 1. The van der Waals surface area contributed by atoms with Gasteiger partial charge in [0.25, 0.3) is 0 Å². The van der Waals surface area contributed by atoms with Gasteiger partial charge in [-0.25, -0.2) is 0 Å². The maximum atomic E-state index is 12.0. The Morgan fingerprint density at radius 1 is 1.45 bits per heavy atom. The van der Waals surface area contributed by atoms with Crippen LogP contribution in [0.1, 0.15) is 5.56 Å². The largest absolute Gasteiger partial charge is 0.480 e. The molecule has 0 aliphatic carbocycles. The third kappa shape index (κ3) is 3.88. The lowest BCUT2D eigenvalue weighted by molar-refractivity contribution is -0.144. The van der Waals surface area contributed by atoms with Crippen molar-refractivity contribution in [2.75, 3.05) is 19.6 Å². The van der Waals surface area contributed by atoms with E-state index >= 15 is 0 Å². The first kappa shape index (κ1) is 14.7. The van der Waals surface area contributed by atoms with Crippen LogP contribution < -0.4 is 10.1 Å². The van der Waals surface area contributed by atoms with E-state index < -0.39 is 18.6 Å². The molecule has 1 fully saturated rings. The summed E-state index contributed by atoms with van der Waals surface area (Å²) in [6.07, 6.45) is 0. The van der Waals surface area contributed by atoms with Crippen molar-refractivity contribution >= 4 is 5.97 Å². The minimum absolute atomic E-state index is 0.0962. The molecular weight excluding hydrogens is 270 g/mol. The van der Waals surface area contributed by atoms with E-state index in [9.17, 15) is 13.6 Å². The predicted octanol–water partition coefficient (Wildman–Crippen LogP) is 1.15. The van der Waals surface area contributed by atoms with Gasteiger partial charge in [0.15, 0.2) is 0 Å². The number of nitrogens with one attached hydrogen (secondary N) is 1. The van der Waals surface area contributed by atoms with Crippen molar-refractivity contribution in [1.82, 2.24) is 10.2 Å². The Kier molecular flexibility index (Phi) is 4.86. The molecule has 2 N–H and O–H groups in total. The summed E-state index contributed by atoms with van der Waals surface area (Å²) >= 11 is 0. The molecule has 1 aliphatic heterocycles. The molecule has 1 aliphatic rings. The summed E-state index contributed by atoms with van der Waals surface area (Å²) in [5.41, 5.74) is 0.861. The van der Waals surface area contributed by atoms with Crippen LogP contribution in [0, 0.1) is 0 Å². The maximum Gasteiger partial charge on any atom is 0.387 e. The first-order chi connectivity index (χ1) is 9.56. The molecule has 1 unspecified atom stereocenters. The van der Waals surface area contributed by atoms with E-state index in [1.165, 1.54) is 12.1 Å². The Morgan fingerprint density at radius 3 is 2.75 bits per heavy atom. The second-order valence-electron chi connectivity index (χ2n) is 4.55. The highest BCUT2D eigenvalue weighted by Gasteiger charge is 2.28. The third-order valence-corrected chi connectivity index (χ3v) is 3.17. The molecule has 1 aromatic rings. The number of piperazine rings is 1. The van der Waals surface area contributed by atoms with Crippen molar-refractivity contribution in [3.05, 3.63) is 29.8 Å². The van der Waals surface area contributed by atoms with Gasteiger partial charge in [0.2, 0.25) is 0 Å². The molecule has 0 bridgehead atoms. The lowest BCUT2D eigenvalue weighted by atomic mass is 10.1. The van der Waals surface area contributed by atoms with Gasteiger partial charge in [-0.1, -0.05) is 12.1 Å². The number of rotatable bonds is 5. The molecule has 1 atom stereocenters. The highest BCUT2D eigenvalue weighted by molar-refractivity contribution is 5.74. The molecule has 7 heteroatoms. The van der Waals surface area contributed by atoms with E-state index in [1.54, 1.807) is 12.1 Å². The van der Waals surface area contributed by atoms with Gasteiger partial charge < -0.3 is 15.2 Å². The fourth-order valence-corrected chi connectivity index (χ4v) is 2.19. The van der Waals surface area contributed by atoms with Crippen molar-refractivity contribution in [1.29, 1.82) is 0 Å². The van der Waals surface area contributed by atoms with Gasteiger partial charge in [0.05, 0.1) is 0 Å². The summed E-state index contributed by atoms with van der Waals surface area (Å²) in [5.74, 6) is -0.770. The van der Waals surface area contributed by atoms with Crippen LogP contribution in [0.5, 0.6) is 5.75 Å². The van der Waals surface area contributed by atoms with Crippen LogP contribution in [0.15, 0.2) is 24.3 Å². The Morgan fingerprint density at radius 2 is 2.15 bits per heavy atom. The van der Waals surface area contributed by atoms with Crippen molar-refractivity contribution < 1.29 is 23.4 Å². The zero-order valence-corrected chi connectivity index (χ0v) is 10.8. The van der Waals surface area contributed by atoms with Gasteiger partial charge in [0, 0.05) is 26.2 Å². The maximum absolute atomic E-state index is 12.0. The summed E-state index contributed by atoms with van der Waals surface area (Å²) in [7, 11) is 0. The van der Waals surface area contributed by atoms with Crippen molar-refractivity contribution in [3.63, 3.8) is 0 Å². The number of carbonyl (C=O) groups is 1. The van der Waals surface area contributed by atoms with Gasteiger partial charge in [-0.3, -0.25) is 9.69 Å². The fraction of sp³-hybridized carbons (Fsp3) is 0.462. The van der Waals surface area contributed by atoms with Crippen molar-refractivity contribution in [2.24, 2.45) is 0 Å². The Bertz CT molecular complexity index is 453. The van der Waals surface area contributed by atoms with Gasteiger partial charge >= 0.3 is 12.6 Å². The molecule has 110 valence electrons. The second-order valence-corrected chi connectivity index (χ2v) is 4.55. The number of hydrogen-bond acceptors (Lipinski definition) is 4. The van der Waals surface area contributed by atoms with E-state index in [2.05, 4.69) is 10.1 Å². The van der Waals surface area contributed by atoms with Gasteiger partial charge in [-0.15, -0.1) is 0 Å². The van der Waals surface area contributed by atoms with E-state index in [4.69, 9.17) is 5.11 Å². The minimum atomic E-state index is -2.84. The average Bonchev–Trinajstić information content (AvgIpc) is 2.41. The smallest absolute Gasteiger partial charge is 0.387 e. The zero-order valence-electron chi connectivity index (χ0n) is 10.8. The monoisotopic (exact) mass is 286 g/mol. The Labute approximate surface area is 115 Å². The topological polar surface area (TPSA) is 61.8 Å². The molecule has 2 rings (SSSR count). The Hall–Kier alpha value is -1.73. The first-order valence-corrected chi connectivity index (χ1v) is 6.27. The van der Waals surface area contributed by atoms with E-state index in [0.29, 0.717) is 19.6 Å². The van der Waals surface area contributed by atoms with Crippen molar-refractivity contribution in [2.45, 2.75) is 19.2 Å². The predicted molar refractivity (Wildman–Crippen MR) is 67.8 cm³/mol. The highest BCUT2D eigenvalue weighted by atomic mass is 19.3. The molecule has 0 radical (unpaired) electrons. The third-order valence-electron chi connectivity index (χ3n) is 3.17. The first-order valence-electron chi connectivity index (χ1n) is 6.27. The number of halogens is 2. The van der Waals surface area contributed by atoms with Crippen LogP contribution in [-0.4, -0.2) is 48.3 Å². The van der Waals surface area contributed by atoms with Gasteiger partial charge in [-0.05, 0) is 17.7 Å². The lowest BCUT2D eigenvalue weighted by Gasteiger charge is -2.33. The second kappa shape index (κ2) is 6.62. The number of carboxylic acids is 1. The molecular formula is C13H16F2N2O3. The molecule has 1 heterocycles. The molecule has 1 saturated heterocycles. The van der Waals surface area contributed by atoms with Crippen LogP contribution in [0.25, 0.3) is 0 Å². The van der Waals surface area contributed by atoms with Gasteiger partial charge in [0.1, 0.15) is 11.8 Å². The van der Waals surface area contributed by atoms with Gasteiger partial charge in [-0.2, -0.15) is 8.78 Å². The lowest BCUT2D eigenvalue weighted by Crippen LogP contribution is -2.54. The molecule has 1 aromatic carbocycles. The van der Waals surface area contributed by atoms with Crippen LogP contribution in [0.4, 0.5) is 8.78 Å². The SMILES string of the molecule is O=C(O)C1CNCCN1Cc1ccc(OC(F)F)cc1. The van der Waals surface area contributed by atoms with Crippen LogP contribution >= 0.6 is 0 Å². The fourth-order valence-electron chi connectivity index (χ4n) is 2.19. The van der Waals surface area contributed by atoms with Crippen LogP contribution in [0.3, 0.4) is 0 Å². The summed E-state index contributed by atoms with van der Waals surface area (Å²) in [6.45, 7) is -0.608. The van der Waals surface area contributed by atoms with E-state index in [0.717, 1.165) is 12.1 Å². The van der Waals surface area contributed by atoms with E-state index in [1.807, 2.05) is 4.90 Å². The van der Waals surface area contributed by atoms with Crippen LogP contribution in [0.2, 0.25) is 0 Å². The minimum Gasteiger partial charge on any atom is -0.480 e. The molecule has 0 amide bonds. The molecule has 0 aromatic heterocycles. The number of benzene rings is 1. The number of hydrogen-bond donors (Lipinski definition) is 2. The number of ether oxygens (including phenoxy) is 1. The van der Waals surface area contributed by atoms with E-state index in [-0.39, 0.29) is 5.75 Å². The number of carboxylic acid groups (broad SMARTS) is 1.